The Morgan fingerprint density at radius 2 is 1.86 bits per heavy atom. The molecule has 150 valence electrons. The van der Waals surface area contributed by atoms with Crippen LogP contribution in [0.1, 0.15) is 41.0 Å². The molecule has 0 radical (unpaired) electrons. The molecule has 6 nitrogen and oxygen atoms in total. The van der Waals surface area contributed by atoms with Gasteiger partial charge < -0.3 is 9.84 Å². The van der Waals surface area contributed by atoms with Crippen molar-refractivity contribution in [1.82, 2.24) is 4.98 Å². The average molecular weight is 410 g/mol. The molecule has 0 unspecified atom stereocenters. The van der Waals surface area contributed by atoms with E-state index in [4.69, 9.17) is 9.84 Å². The molecule has 1 aromatic heterocycles. The summed E-state index contributed by atoms with van der Waals surface area (Å²) in [4.78, 5) is 30.6. The Labute approximate surface area is 173 Å². The second kappa shape index (κ2) is 9.45. The number of carbonyl (C=O) groups is 2. The Balaban J connectivity index is 1.73. The lowest BCUT2D eigenvalue weighted by atomic mass is 10.1. The van der Waals surface area contributed by atoms with Crippen LogP contribution in [0.15, 0.2) is 53.9 Å². The molecule has 7 heteroatoms. The van der Waals surface area contributed by atoms with Gasteiger partial charge in [-0.3, -0.25) is 9.69 Å². The second-order valence-corrected chi connectivity index (χ2v) is 7.23. The molecule has 3 aromatic rings. The predicted octanol–water partition coefficient (Wildman–Crippen LogP) is 4.24. The topological polar surface area (TPSA) is 79.7 Å². The summed E-state index contributed by atoms with van der Waals surface area (Å²) in [5, 5.41) is 11.4. The molecule has 1 N–H and O–H groups in total. The third kappa shape index (κ3) is 4.88. The van der Waals surface area contributed by atoms with E-state index in [1.165, 1.54) is 18.3 Å². The summed E-state index contributed by atoms with van der Waals surface area (Å²) in [5.74, 6) is -0.600. The summed E-state index contributed by atoms with van der Waals surface area (Å²) < 4.78 is 5.33. The van der Waals surface area contributed by atoms with E-state index in [-0.39, 0.29) is 19.1 Å². The summed E-state index contributed by atoms with van der Waals surface area (Å²) >= 11 is 1.33. The highest BCUT2D eigenvalue weighted by atomic mass is 32.1. The number of carbonyl (C=O) groups excluding carboxylic acids is 2. The number of aromatic nitrogens is 1. The number of para-hydroxylation sites is 1. The first kappa shape index (κ1) is 20.7. The molecule has 0 fully saturated rings. The molecule has 0 spiro atoms. The van der Waals surface area contributed by atoms with Crippen molar-refractivity contribution in [2.75, 3.05) is 4.90 Å². The third-order valence-electron chi connectivity index (χ3n) is 4.38. The smallest absolute Gasteiger partial charge is 0.338 e. The molecule has 2 aromatic carbocycles. The number of ether oxygens (including phenoxy) is 1. The van der Waals surface area contributed by atoms with Gasteiger partial charge in [-0.1, -0.05) is 37.3 Å². The van der Waals surface area contributed by atoms with Crippen LogP contribution in [0, 0.1) is 0 Å². The maximum Gasteiger partial charge on any atom is 0.338 e. The van der Waals surface area contributed by atoms with Crippen LogP contribution in [-0.2, 0) is 29.2 Å². The van der Waals surface area contributed by atoms with Crippen molar-refractivity contribution in [3.8, 4) is 0 Å². The summed E-state index contributed by atoms with van der Waals surface area (Å²) in [6.07, 6.45) is 0.796. The number of amides is 1. The van der Waals surface area contributed by atoms with Gasteiger partial charge in [0.25, 0.3) is 0 Å². The van der Waals surface area contributed by atoms with Crippen LogP contribution in [0.5, 0.6) is 0 Å². The van der Waals surface area contributed by atoms with Crippen LogP contribution >= 0.6 is 11.3 Å². The van der Waals surface area contributed by atoms with Crippen LogP contribution in [0.25, 0.3) is 0 Å². The number of aliphatic hydroxyl groups is 1. The van der Waals surface area contributed by atoms with Crippen LogP contribution in [0.3, 0.4) is 0 Å². The van der Waals surface area contributed by atoms with E-state index < -0.39 is 5.97 Å². The van der Waals surface area contributed by atoms with Crippen molar-refractivity contribution in [2.45, 2.75) is 33.5 Å². The van der Waals surface area contributed by atoms with Gasteiger partial charge in [0.15, 0.2) is 5.13 Å². The Morgan fingerprint density at radius 3 is 2.52 bits per heavy atom. The van der Waals surface area contributed by atoms with Crippen molar-refractivity contribution in [3.05, 3.63) is 76.3 Å². The first-order chi connectivity index (χ1) is 14.0. The Morgan fingerprint density at radius 1 is 1.14 bits per heavy atom. The highest BCUT2D eigenvalue weighted by Gasteiger charge is 2.20. The zero-order valence-electron chi connectivity index (χ0n) is 16.3. The highest BCUT2D eigenvalue weighted by Crippen LogP contribution is 2.31. The number of nitrogens with zero attached hydrogens (tertiary/aromatic N) is 2. The lowest BCUT2D eigenvalue weighted by Crippen LogP contribution is -2.23. The fourth-order valence-corrected chi connectivity index (χ4v) is 3.73. The normalized spacial score (nSPS) is 10.6. The van der Waals surface area contributed by atoms with Crippen LogP contribution in [-0.4, -0.2) is 22.0 Å². The van der Waals surface area contributed by atoms with Gasteiger partial charge in [-0.05, 0) is 35.7 Å². The molecule has 1 heterocycles. The van der Waals surface area contributed by atoms with Gasteiger partial charge in [0, 0.05) is 12.3 Å². The van der Waals surface area contributed by atoms with E-state index in [2.05, 4.69) is 4.98 Å². The number of hydrogen-bond donors (Lipinski definition) is 1. The number of hydrogen-bond acceptors (Lipinski definition) is 6. The minimum absolute atomic E-state index is 0.0122. The maximum atomic E-state index is 12.3. The molecule has 1 amide bonds. The van der Waals surface area contributed by atoms with E-state index in [0.29, 0.717) is 16.4 Å². The zero-order chi connectivity index (χ0) is 20.8. The lowest BCUT2D eigenvalue weighted by Gasteiger charge is -2.20. The summed E-state index contributed by atoms with van der Waals surface area (Å²) in [6.45, 7) is 3.48. The third-order valence-corrected chi connectivity index (χ3v) is 5.26. The van der Waals surface area contributed by atoms with Crippen molar-refractivity contribution < 1.29 is 19.4 Å². The van der Waals surface area contributed by atoms with Crippen molar-refractivity contribution in [1.29, 1.82) is 0 Å². The standard InChI is InChI=1S/C22H22N2O4S/c1-3-17-6-4-5-7-20(17)24(15(2)26)22-23-19(14-29-22)13-28-21(27)18-10-8-16(12-25)9-11-18/h4-11,14,25H,3,12-13H2,1-2H3. The Bertz CT molecular complexity index is 998. The highest BCUT2D eigenvalue weighted by molar-refractivity contribution is 7.14. The van der Waals surface area contributed by atoms with E-state index in [1.807, 2.05) is 31.2 Å². The van der Waals surface area contributed by atoms with Crippen molar-refractivity contribution in [2.24, 2.45) is 0 Å². The molecule has 0 saturated heterocycles. The van der Waals surface area contributed by atoms with Gasteiger partial charge in [-0.15, -0.1) is 11.3 Å². The van der Waals surface area contributed by atoms with Crippen LogP contribution < -0.4 is 4.90 Å². The number of rotatable bonds is 7. The molecule has 0 bridgehead atoms. The molecular weight excluding hydrogens is 388 g/mol. The number of aryl methyl sites for hydroxylation is 1. The molecule has 3 rings (SSSR count). The molecule has 0 aliphatic carbocycles. The Hall–Kier alpha value is -3.03. The van der Waals surface area contributed by atoms with E-state index in [9.17, 15) is 9.59 Å². The Kier molecular flexibility index (Phi) is 6.74. The van der Waals surface area contributed by atoms with Gasteiger partial charge in [-0.25, -0.2) is 9.78 Å². The average Bonchev–Trinajstić information content (AvgIpc) is 3.20. The van der Waals surface area contributed by atoms with E-state index in [0.717, 1.165) is 23.2 Å². The molecule has 29 heavy (non-hydrogen) atoms. The van der Waals surface area contributed by atoms with Gasteiger partial charge in [0.1, 0.15) is 6.61 Å². The number of thiazole rings is 1. The fourth-order valence-electron chi connectivity index (χ4n) is 2.87. The summed E-state index contributed by atoms with van der Waals surface area (Å²) in [7, 11) is 0. The monoisotopic (exact) mass is 410 g/mol. The van der Waals surface area contributed by atoms with E-state index >= 15 is 0 Å². The van der Waals surface area contributed by atoms with Crippen molar-refractivity contribution in [3.63, 3.8) is 0 Å². The number of benzene rings is 2. The van der Waals surface area contributed by atoms with Gasteiger partial charge in [0.2, 0.25) is 5.91 Å². The first-order valence-electron chi connectivity index (χ1n) is 9.23. The summed E-state index contributed by atoms with van der Waals surface area (Å²) in [6, 6.07) is 14.3. The minimum atomic E-state index is -0.469. The molecule has 0 saturated carbocycles. The minimum Gasteiger partial charge on any atom is -0.456 e. The zero-order valence-corrected chi connectivity index (χ0v) is 17.1. The predicted molar refractivity (Wildman–Crippen MR) is 112 cm³/mol. The number of anilines is 2. The number of esters is 1. The molecular formula is C22H22N2O4S. The molecule has 0 aliphatic heterocycles. The largest absolute Gasteiger partial charge is 0.456 e. The van der Waals surface area contributed by atoms with Gasteiger partial charge in [-0.2, -0.15) is 0 Å². The quantitative estimate of drug-likeness (QED) is 0.590. The molecule has 0 aliphatic rings. The van der Waals surface area contributed by atoms with Crippen LogP contribution in [0.2, 0.25) is 0 Å². The van der Waals surface area contributed by atoms with E-state index in [1.54, 1.807) is 34.5 Å². The lowest BCUT2D eigenvalue weighted by molar-refractivity contribution is -0.115. The van der Waals surface area contributed by atoms with Crippen LogP contribution in [0.4, 0.5) is 10.8 Å². The first-order valence-corrected chi connectivity index (χ1v) is 10.1. The van der Waals surface area contributed by atoms with Gasteiger partial charge >= 0.3 is 5.97 Å². The number of aliphatic hydroxyl groups excluding tert-OH is 1. The van der Waals surface area contributed by atoms with Crippen molar-refractivity contribution >= 4 is 34.0 Å². The second-order valence-electron chi connectivity index (χ2n) is 6.39. The maximum absolute atomic E-state index is 12.3. The fraction of sp³-hybridized carbons (Fsp3) is 0.227. The SMILES string of the molecule is CCc1ccccc1N(C(C)=O)c1nc(COC(=O)c2ccc(CO)cc2)cs1. The summed E-state index contributed by atoms with van der Waals surface area (Å²) in [5.41, 5.74) is 3.56. The van der Waals surface area contributed by atoms with Gasteiger partial charge in [0.05, 0.1) is 23.6 Å². The molecule has 0 atom stereocenters.